The molecule has 7 aromatic carbocycles. The number of piperazine rings is 1. The zero-order valence-electron chi connectivity index (χ0n) is 36.8. The molecule has 0 bridgehead atoms. The largest absolute Gasteiger partial charge is 0.388 e. The Morgan fingerprint density at radius 3 is 1.18 bits per heavy atom. The van der Waals surface area contributed by atoms with Crippen LogP contribution in [-0.4, -0.2) is 78.0 Å². The number of rotatable bonds is 21. The van der Waals surface area contributed by atoms with Crippen LogP contribution >= 0.6 is 0 Å². The molecule has 1 aliphatic rings. The Labute approximate surface area is 383 Å². The van der Waals surface area contributed by atoms with Crippen molar-refractivity contribution in [2.24, 2.45) is 0 Å². The molecule has 1 saturated heterocycles. The molecule has 1 fully saturated rings. The second-order valence-corrected chi connectivity index (χ2v) is 16.4. The molecule has 1 N–H and O–H groups in total. The number of carbonyl (C=O) groups excluding carboxylic acids is 1. The van der Waals surface area contributed by atoms with Gasteiger partial charge in [-0.25, -0.2) is 0 Å². The Morgan fingerprint density at radius 2 is 0.785 bits per heavy atom. The molecule has 1 amide bonds. The summed E-state index contributed by atoms with van der Waals surface area (Å²) in [5.41, 5.74) is 6.54. The van der Waals surface area contributed by atoms with Gasteiger partial charge in [-0.15, -0.1) is 0 Å². The summed E-state index contributed by atoms with van der Waals surface area (Å²) >= 11 is 0. The van der Waals surface area contributed by atoms with Crippen molar-refractivity contribution >= 4 is 5.91 Å². The Hall–Kier alpha value is -6.23. The van der Waals surface area contributed by atoms with Crippen LogP contribution in [0.4, 0.5) is 0 Å². The van der Waals surface area contributed by atoms with Crippen molar-refractivity contribution in [1.82, 2.24) is 9.80 Å². The fourth-order valence-electron chi connectivity index (χ4n) is 8.87. The molecule has 7 aromatic rings. The Bertz CT molecular complexity index is 2330. The van der Waals surface area contributed by atoms with Gasteiger partial charge in [-0.1, -0.05) is 212 Å². The van der Waals surface area contributed by atoms with E-state index in [0.29, 0.717) is 32.8 Å². The second-order valence-electron chi connectivity index (χ2n) is 16.4. The smallest absolute Gasteiger partial charge is 0.254 e. The van der Waals surface area contributed by atoms with E-state index in [0.717, 1.165) is 38.9 Å². The lowest BCUT2D eigenvalue weighted by Crippen LogP contribution is -2.61. The van der Waals surface area contributed by atoms with Crippen LogP contribution in [0.3, 0.4) is 0 Å². The highest BCUT2D eigenvalue weighted by atomic mass is 16.6. The third-order valence-corrected chi connectivity index (χ3v) is 12.1. The van der Waals surface area contributed by atoms with Gasteiger partial charge in [0, 0.05) is 26.2 Å². The maximum absolute atomic E-state index is 15.5. The topological polar surface area (TPSA) is 80.7 Å². The SMILES string of the molecule is O=C(C(OCc1ccccc1)C(OCc1ccccc1)C(OCc1ccccc1)C(O)COCc1ccccc1)N1CCN(C(c2ccccc2)(c2ccccc2)c2ccccc2)CC1. The predicted molar refractivity (Wildman–Crippen MR) is 255 cm³/mol. The van der Waals surface area contributed by atoms with Crippen LogP contribution in [-0.2, 0) is 55.7 Å². The van der Waals surface area contributed by atoms with Crippen molar-refractivity contribution in [1.29, 1.82) is 0 Å². The molecule has 8 heteroatoms. The summed E-state index contributed by atoms with van der Waals surface area (Å²) in [5, 5.41) is 12.2. The third-order valence-electron chi connectivity index (χ3n) is 12.1. The van der Waals surface area contributed by atoms with Gasteiger partial charge in [0.1, 0.15) is 18.3 Å². The lowest BCUT2D eigenvalue weighted by Gasteiger charge is -2.49. The van der Waals surface area contributed by atoms with E-state index in [1.54, 1.807) is 0 Å². The molecule has 0 spiro atoms. The van der Waals surface area contributed by atoms with E-state index < -0.39 is 30.0 Å². The van der Waals surface area contributed by atoms with E-state index in [2.05, 4.69) is 95.9 Å². The number of aliphatic hydroxyl groups is 1. The molecular formula is C57H58N2O6. The van der Waals surface area contributed by atoms with Crippen LogP contribution in [0.1, 0.15) is 38.9 Å². The molecule has 4 atom stereocenters. The number of ether oxygens (including phenoxy) is 4. The van der Waals surface area contributed by atoms with Gasteiger partial charge in [0.2, 0.25) is 0 Å². The summed E-state index contributed by atoms with van der Waals surface area (Å²) in [5.74, 6) is -0.228. The van der Waals surface area contributed by atoms with Gasteiger partial charge in [0.25, 0.3) is 5.91 Å². The van der Waals surface area contributed by atoms with Crippen LogP contribution in [0.25, 0.3) is 0 Å². The van der Waals surface area contributed by atoms with Gasteiger partial charge in [-0.3, -0.25) is 9.69 Å². The molecule has 65 heavy (non-hydrogen) atoms. The van der Waals surface area contributed by atoms with Crippen molar-refractivity contribution in [2.45, 2.75) is 56.4 Å². The zero-order valence-corrected chi connectivity index (χ0v) is 36.8. The van der Waals surface area contributed by atoms with Crippen LogP contribution in [0.15, 0.2) is 212 Å². The summed E-state index contributed by atoms with van der Waals surface area (Å²) in [7, 11) is 0. The second kappa shape index (κ2) is 23.1. The normalized spacial score (nSPS) is 15.2. The van der Waals surface area contributed by atoms with Crippen molar-refractivity contribution in [2.75, 3.05) is 32.8 Å². The van der Waals surface area contributed by atoms with Gasteiger partial charge in [0.05, 0.1) is 38.6 Å². The average Bonchev–Trinajstić information content (AvgIpc) is 3.38. The van der Waals surface area contributed by atoms with Crippen molar-refractivity contribution in [3.63, 3.8) is 0 Å². The maximum Gasteiger partial charge on any atom is 0.254 e. The predicted octanol–water partition coefficient (Wildman–Crippen LogP) is 9.46. The molecule has 1 aliphatic heterocycles. The quantitative estimate of drug-likeness (QED) is 0.0722. The summed E-state index contributed by atoms with van der Waals surface area (Å²) < 4.78 is 26.5. The van der Waals surface area contributed by atoms with E-state index in [4.69, 9.17) is 18.9 Å². The first-order valence-electron chi connectivity index (χ1n) is 22.6. The van der Waals surface area contributed by atoms with Gasteiger partial charge in [-0.05, 0) is 38.9 Å². The molecule has 0 aromatic heterocycles. The maximum atomic E-state index is 15.5. The number of amides is 1. The first-order valence-corrected chi connectivity index (χ1v) is 22.6. The van der Waals surface area contributed by atoms with Crippen molar-refractivity contribution < 1.29 is 28.8 Å². The zero-order chi connectivity index (χ0) is 44.5. The Balaban J connectivity index is 1.13. The number of aliphatic hydroxyl groups excluding tert-OH is 1. The van der Waals surface area contributed by atoms with E-state index in [-0.39, 0.29) is 32.3 Å². The fraction of sp³-hybridized carbons (Fsp3) is 0.246. The molecule has 4 unspecified atom stereocenters. The van der Waals surface area contributed by atoms with Crippen LogP contribution in [0.5, 0.6) is 0 Å². The summed E-state index contributed by atoms with van der Waals surface area (Å²) in [4.78, 5) is 19.9. The van der Waals surface area contributed by atoms with Crippen molar-refractivity contribution in [3.05, 3.63) is 251 Å². The average molecular weight is 867 g/mol. The molecular weight excluding hydrogens is 809 g/mol. The third kappa shape index (κ3) is 11.5. The van der Waals surface area contributed by atoms with Crippen molar-refractivity contribution in [3.8, 4) is 0 Å². The molecule has 0 aliphatic carbocycles. The lowest BCUT2D eigenvalue weighted by molar-refractivity contribution is -0.197. The number of hydrogen-bond acceptors (Lipinski definition) is 7. The highest BCUT2D eigenvalue weighted by Crippen LogP contribution is 2.43. The van der Waals surface area contributed by atoms with Gasteiger partial charge in [0.15, 0.2) is 6.10 Å². The molecule has 8 nitrogen and oxygen atoms in total. The number of carbonyl (C=O) groups is 1. The van der Waals surface area contributed by atoms with E-state index in [1.165, 1.54) is 0 Å². The Kier molecular flexibility index (Phi) is 16.1. The minimum Gasteiger partial charge on any atom is -0.388 e. The Morgan fingerprint density at radius 1 is 0.446 bits per heavy atom. The highest BCUT2D eigenvalue weighted by molar-refractivity contribution is 5.82. The minimum absolute atomic E-state index is 0.0572. The first-order chi connectivity index (χ1) is 32.1. The van der Waals surface area contributed by atoms with Crippen LogP contribution < -0.4 is 0 Å². The molecule has 8 rings (SSSR count). The van der Waals surface area contributed by atoms with Crippen LogP contribution in [0, 0.1) is 0 Å². The monoisotopic (exact) mass is 866 g/mol. The van der Waals surface area contributed by atoms with Gasteiger partial charge >= 0.3 is 0 Å². The summed E-state index contributed by atoms with van der Waals surface area (Å²) in [6.45, 7) is 2.74. The highest BCUT2D eigenvalue weighted by Gasteiger charge is 2.46. The van der Waals surface area contributed by atoms with Gasteiger partial charge in [-0.2, -0.15) is 0 Å². The number of nitrogens with zero attached hydrogens (tertiary/aromatic N) is 2. The summed E-state index contributed by atoms with van der Waals surface area (Å²) in [6.07, 6.45) is -4.40. The molecule has 1 heterocycles. The molecule has 332 valence electrons. The van der Waals surface area contributed by atoms with E-state index >= 15 is 4.79 Å². The lowest BCUT2D eigenvalue weighted by atomic mass is 9.75. The standard InChI is InChI=1S/C57H58N2O6/c60-52(44-62-40-45-22-8-1-9-23-45)53(63-41-46-24-10-2-11-25-46)54(64-42-47-26-12-3-13-27-47)55(65-43-48-28-14-4-15-29-48)56(61)58-36-38-59(39-37-58)57(49-30-16-5-17-31-49,50-32-18-6-19-33-50)51-34-20-7-21-35-51/h1-35,52-55,60H,36-44H2. The first kappa shape index (κ1) is 45.3. The molecule has 0 saturated carbocycles. The van der Waals surface area contributed by atoms with Gasteiger partial charge < -0.3 is 29.0 Å². The van der Waals surface area contributed by atoms with Crippen LogP contribution in [0.2, 0.25) is 0 Å². The number of hydrogen-bond donors (Lipinski definition) is 1. The molecule has 0 radical (unpaired) electrons. The summed E-state index contributed by atoms with van der Waals surface area (Å²) in [6, 6.07) is 71.2. The van der Waals surface area contributed by atoms with E-state index in [1.807, 2.05) is 126 Å². The van der Waals surface area contributed by atoms with E-state index in [9.17, 15) is 5.11 Å². The minimum atomic E-state index is -1.18. The number of benzene rings is 7. The fourth-order valence-corrected chi connectivity index (χ4v) is 8.87.